The molecular weight excluding hydrogens is 292 g/mol. The molecule has 0 bridgehead atoms. The lowest BCUT2D eigenvalue weighted by atomic mass is 10.1. The van der Waals surface area contributed by atoms with Gasteiger partial charge in [0.05, 0.1) is 6.04 Å². The topological polar surface area (TPSA) is 131 Å². The molecule has 0 heterocycles. The minimum atomic E-state index is -0.402. The van der Waals surface area contributed by atoms with Crippen LogP contribution in [0.4, 0.5) is 0 Å². The van der Waals surface area contributed by atoms with E-state index in [9.17, 15) is 4.79 Å². The minimum Gasteiger partial charge on any atom is -0.355 e. The molecule has 0 aromatic carbocycles. The van der Waals surface area contributed by atoms with Gasteiger partial charge in [0.2, 0.25) is 5.91 Å². The number of rotatable bonds is 17. The first kappa shape index (κ1) is 22.3. The van der Waals surface area contributed by atoms with Crippen molar-refractivity contribution in [3.8, 4) is 0 Å². The Morgan fingerprint density at radius 1 is 0.739 bits per heavy atom. The number of carbonyl (C=O) groups is 1. The first-order valence-corrected chi connectivity index (χ1v) is 9.07. The molecule has 7 nitrogen and oxygen atoms in total. The predicted molar refractivity (Wildman–Crippen MR) is 97.2 cm³/mol. The van der Waals surface area contributed by atoms with E-state index in [0.29, 0.717) is 19.5 Å². The van der Waals surface area contributed by atoms with Gasteiger partial charge in [-0.05, 0) is 77.8 Å². The Bertz CT molecular complexity index is 265. The molecule has 0 aromatic heterocycles. The normalized spacial score (nSPS) is 12.3. The maximum absolute atomic E-state index is 11.7. The minimum absolute atomic E-state index is 0.0504. The summed E-state index contributed by atoms with van der Waals surface area (Å²) in [5.41, 5.74) is 16.7. The second-order valence-corrected chi connectivity index (χ2v) is 5.88. The highest BCUT2D eigenvalue weighted by atomic mass is 16.2. The van der Waals surface area contributed by atoms with Crippen molar-refractivity contribution in [1.82, 2.24) is 16.0 Å². The summed E-state index contributed by atoms with van der Waals surface area (Å²) in [5.74, 6) is -0.0504. The molecule has 9 N–H and O–H groups in total. The van der Waals surface area contributed by atoms with Crippen molar-refractivity contribution >= 4 is 5.91 Å². The summed E-state index contributed by atoms with van der Waals surface area (Å²) in [7, 11) is 0. The van der Waals surface area contributed by atoms with Gasteiger partial charge in [-0.3, -0.25) is 4.79 Å². The zero-order valence-corrected chi connectivity index (χ0v) is 14.6. The number of unbranched alkanes of at least 4 members (excludes halogenated alkanes) is 2. The van der Waals surface area contributed by atoms with Crippen LogP contribution in [0.2, 0.25) is 0 Å². The Hall–Kier alpha value is -0.730. The number of hydrogen-bond acceptors (Lipinski definition) is 6. The standard InChI is InChI=1S/C16H38N6O/c17-8-2-1-7-15(19)16(23)22-14-6-13-21-11-4-3-10-20-12-5-9-18/h15,20-21H,1-14,17-19H2,(H,22,23). The summed E-state index contributed by atoms with van der Waals surface area (Å²) in [6.07, 6.45) is 6.85. The van der Waals surface area contributed by atoms with Crippen LogP contribution >= 0.6 is 0 Å². The van der Waals surface area contributed by atoms with Crippen molar-refractivity contribution in [3.05, 3.63) is 0 Å². The van der Waals surface area contributed by atoms with Crippen LogP contribution in [0, 0.1) is 0 Å². The first-order valence-electron chi connectivity index (χ1n) is 9.07. The third-order valence-corrected chi connectivity index (χ3v) is 3.65. The van der Waals surface area contributed by atoms with Crippen molar-refractivity contribution in [2.45, 2.75) is 51.0 Å². The average molecular weight is 331 g/mol. The largest absolute Gasteiger partial charge is 0.355 e. The number of nitrogens with two attached hydrogens (primary N) is 3. The number of nitrogens with one attached hydrogen (secondary N) is 3. The molecule has 0 aliphatic rings. The molecule has 0 fully saturated rings. The molecule has 0 aliphatic heterocycles. The monoisotopic (exact) mass is 330 g/mol. The van der Waals surface area contributed by atoms with Gasteiger partial charge in [-0.2, -0.15) is 0 Å². The van der Waals surface area contributed by atoms with Gasteiger partial charge in [0.15, 0.2) is 0 Å². The van der Waals surface area contributed by atoms with Crippen LogP contribution in [-0.4, -0.2) is 57.8 Å². The molecule has 0 aromatic rings. The lowest BCUT2D eigenvalue weighted by Gasteiger charge is -2.12. The Morgan fingerprint density at radius 2 is 1.30 bits per heavy atom. The zero-order chi connectivity index (χ0) is 17.2. The van der Waals surface area contributed by atoms with Crippen molar-refractivity contribution in [1.29, 1.82) is 0 Å². The Labute approximate surface area is 141 Å². The second kappa shape index (κ2) is 17.6. The molecule has 138 valence electrons. The third-order valence-electron chi connectivity index (χ3n) is 3.65. The van der Waals surface area contributed by atoms with Gasteiger partial charge in [0.1, 0.15) is 0 Å². The van der Waals surface area contributed by atoms with Crippen molar-refractivity contribution in [2.24, 2.45) is 17.2 Å². The van der Waals surface area contributed by atoms with Gasteiger partial charge in [-0.1, -0.05) is 6.42 Å². The highest BCUT2D eigenvalue weighted by molar-refractivity contribution is 5.81. The van der Waals surface area contributed by atoms with Crippen LogP contribution in [0.15, 0.2) is 0 Å². The van der Waals surface area contributed by atoms with Gasteiger partial charge in [-0.15, -0.1) is 0 Å². The fourth-order valence-corrected chi connectivity index (χ4v) is 2.17. The average Bonchev–Trinajstić information content (AvgIpc) is 2.55. The molecule has 0 spiro atoms. The van der Waals surface area contributed by atoms with Crippen molar-refractivity contribution < 1.29 is 4.79 Å². The van der Waals surface area contributed by atoms with E-state index in [1.54, 1.807) is 0 Å². The maximum Gasteiger partial charge on any atom is 0.236 e. The van der Waals surface area contributed by atoms with Crippen LogP contribution in [0.5, 0.6) is 0 Å². The van der Waals surface area contributed by atoms with E-state index < -0.39 is 6.04 Å². The van der Waals surface area contributed by atoms with Gasteiger partial charge in [0, 0.05) is 6.54 Å². The summed E-state index contributed by atoms with van der Waals surface area (Å²) in [5, 5.41) is 9.64. The van der Waals surface area contributed by atoms with Crippen LogP contribution in [-0.2, 0) is 4.79 Å². The van der Waals surface area contributed by atoms with Crippen LogP contribution in [0.1, 0.15) is 44.9 Å². The summed E-state index contributed by atoms with van der Waals surface area (Å²) in [6.45, 7) is 6.09. The molecule has 0 aliphatic carbocycles. The number of amides is 1. The summed E-state index contributed by atoms with van der Waals surface area (Å²) >= 11 is 0. The van der Waals surface area contributed by atoms with Gasteiger partial charge in [0.25, 0.3) is 0 Å². The maximum atomic E-state index is 11.7. The van der Waals surface area contributed by atoms with Crippen LogP contribution < -0.4 is 33.2 Å². The Morgan fingerprint density at radius 3 is 1.91 bits per heavy atom. The zero-order valence-electron chi connectivity index (χ0n) is 14.6. The SMILES string of the molecule is NCCCCC(N)C(=O)NCCCNCCCCNCCCN. The van der Waals surface area contributed by atoms with E-state index in [-0.39, 0.29) is 5.91 Å². The van der Waals surface area contributed by atoms with Crippen LogP contribution in [0.3, 0.4) is 0 Å². The van der Waals surface area contributed by atoms with E-state index in [1.807, 2.05) is 0 Å². The first-order chi connectivity index (χ1) is 11.2. The van der Waals surface area contributed by atoms with E-state index >= 15 is 0 Å². The smallest absolute Gasteiger partial charge is 0.236 e. The third kappa shape index (κ3) is 15.9. The molecule has 1 amide bonds. The highest BCUT2D eigenvalue weighted by Crippen LogP contribution is 1.97. The lowest BCUT2D eigenvalue weighted by Crippen LogP contribution is -2.41. The molecule has 1 atom stereocenters. The summed E-state index contributed by atoms with van der Waals surface area (Å²) < 4.78 is 0. The number of hydrogen-bond donors (Lipinski definition) is 6. The molecule has 7 heteroatoms. The van der Waals surface area contributed by atoms with E-state index in [0.717, 1.165) is 64.8 Å². The fraction of sp³-hybridized carbons (Fsp3) is 0.938. The van der Waals surface area contributed by atoms with Gasteiger partial charge in [-0.25, -0.2) is 0 Å². The Kier molecular flexibility index (Phi) is 17.1. The van der Waals surface area contributed by atoms with E-state index in [4.69, 9.17) is 17.2 Å². The lowest BCUT2D eigenvalue weighted by molar-refractivity contribution is -0.122. The molecular formula is C16H38N6O. The fourth-order valence-electron chi connectivity index (χ4n) is 2.17. The molecule has 0 rings (SSSR count). The molecule has 0 saturated carbocycles. The van der Waals surface area contributed by atoms with Crippen molar-refractivity contribution in [2.75, 3.05) is 45.8 Å². The number of carbonyl (C=O) groups excluding carboxylic acids is 1. The summed E-state index contributed by atoms with van der Waals surface area (Å²) in [6, 6.07) is -0.402. The van der Waals surface area contributed by atoms with E-state index in [2.05, 4.69) is 16.0 Å². The van der Waals surface area contributed by atoms with Gasteiger partial charge >= 0.3 is 0 Å². The van der Waals surface area contributed by atoms with E-state index in [1.165, 1.54) is 6.42 Å². The predicted octanol–water partition coefficient (Wildman–Crippen LogP) is -0.743. The quantitative estimate of drug-likeness (QED) is 0.195. The summed E-state index contributed by atoms with van der Waals surface area (Å²) in [4.78, 5) is 11.7. The molecule has 0 saturated heterocycles. The molecule has 1 unspecified atom stereocenters. The second-order valence-electron chi connectivity index (χ2n) is 5.88. The molecule has 0 radical (unpaired) electrons. The van der Waals surface area contributed by atoms with Gasteiger partial charge < -0.3 is 33.2 Å². The van der Waals surface area contributed by atoms with Crippen LogP contribution in [0.25, 0.3) is 0 Å². The Balaban J connectivity index is 3.24. The van der Waals surface area contributed by atoms with Crippen molar-refractivity contribution in [3.63, 3.8) is 0 Å². The molecule has 23 heavy (non-hydrogen) atoms. The highest BCUT2D eigenvalue weighted by Gasteiger charge is 2.11.